The SMILES string of the molecule is Cc1cccc2ccc(-c3cc(C)c4sc5ccccc5c4c3)cc12. The number of hydrogen-bond acceptors (Lipinski definition) is 1. The lowest BCUT2D eigenvalue weighted by atomic mass is 9.96. The molecule has 1 aromatic heterocycles. The Bertz CT molecular complexity index is 1260. The van der Waals surface area contributed by atoms with Crippen LogP contribution in [-0.2, 0) is 0 Å². The lowest BCUT2D eigenvalue weighted by Gasteiger charge is -2.08. The molecule has 25 heavy (non-hydrogen) atoms. The number of fused-ring (bicyclic) bond motifs is 4. The monoisotopic (exact) mass is 338 g/mol. The maximum Gasteiger partial charge on any atom is 0.0385 e. The van der Waals surface area contributed by atoms with E-state index in [1.54, 1.807) is 0 Å². The van der Waals surface area contributed by atoms with Crippen LogP contribution in [0.1, 0.15) is 11.1 Å². The van der Waals surface area contributed by atoms with Crippen molar-refractivity contribution < 1.29 is 0 Å². The van der Waals surface area contributed by atoms with Crippen molar-refractivity contribution >= 4 is 42.3 Å². The molecule has 0 radical (unpaired) electrons. The summed E-state index contributed by atoms with van der Waals surface area (Å²) >= 11 is 1.90. The van der Waals surface area contributed by atoms with E-state index in [0.717, 1.165) is 0 Å². The highest BCUT2D eigenvalue weighted by Gasteiger charge is 2.10. The molecule has 0 fully saturated rings. The standard InChI is InChI=1S/C24H18S/c1-15-6-5-7-17-10-11-18(13-21(15)17)19-12-16(2)24-22(14-19)20-8-3-4-9-23(20)25-24/h3-14H,1-2H3. The zero-order valence-electron chi connectivity index (χ0n) is 14.3. The fraction of sp³-hybridized carbons (Fsp3) is 0.0833. The molecule has 1 heterocycles. The van der Waals surface area contributed by atoms with Crippen molar-refractivity contribution in [1.29, 1.82) is 0 Å². The van der Waals surface area contributed by atoms with Crippen LogP contribution in [0.2, 0.25) is 0 Å². The minimum Gasteiger partial charge on any atom is -0.135 e. The van der Waals surface area contributed by atoms with Gasteiger partial charge in [0.15, 0.2) is 0 Å². The minimum atomic E-state index is 1.29. The molecular formula is C24H18S. The van der Waals surface area contributed by atoms with Crippen LogP contribution < -0.4 is 0 Å². The van der Waals surface area contributed by atoms with Gasteiger partial charge in [-0.15, -0.1) is 11.3 Å². The Morgan fingerprint density at radius 2 is 1.44 bits per heavy atom. The van der Waals surface area contributed by atoms with E-state index in [2.05, 4.69) is 86.6 Å². The van der Waals surface area contributed by atoms with Crippen LogP contribution in [0.5, 0.6) is 0 Å². The van der Waals surface area contributed by atoms with Gasteiger partial charge in [-0.1, -0.05) is 48.5 Å². The van der Waals surface area contributed by atoms with E-state index < -0.39 is 0 Å². The van der Waals surface area contributed by atoms with Gasteiger partial charge in [-0.2, -0.15) is 0 Å². The van der Waals surface area contributed by atoms with Gasteiger partial charge in [0.05, 0.1) is 0 Å². The van der Waals surface area contributed by atoms with E-state index in [4.69, 9.17) is 0 Å². The normalized spacial score (nSPS) is 11.6. The van der Waals surface area contributed by atoms with E-state index >= 15 is 0 Å². The first-order valence-corrected chi connectivity index (χ1v) is 9.44. The summed E-state index contributed by atoms with van der Waals surface area (Å²) in [7, 11) is 0. The second kappa shape index (κ2) is 5.44. The molecule has 0 saturated carbocycles. The van der Waals surface area contributed by atoms with E-state index in [0.29, 0.717) is 0 Å². The predicted octanol–water partition coefficient (Wildman–Crippen LogP) is 7.49. The highest BCUT2D eigenvalue weighted by Crippen LogP contribution is 2.39. The molecule has 4 aromatic carbocycles. The summed E-state index contributed by atoms with van der Waals surface area (Å²) in [5.74, 6) is 0. The van der Waals surface area contributed by atoms with Gasteiger partial charge in [0.1, 0.15) is 0 Å². The number of hydrogen-bond donors (Lipinski definition) is 0. The largest absolute Gasteiger partial charge is 0.135 e. The summed E-state index contributed by atoms with van der Waals surface area (Å²) in [4.78, 5) is 0. The Balaban J connectivity index is 1.80. The average molecular weight is 338 g/mol. The van der Waals surface area contributed by atoms with E-state index in [9.17, 15) is 0 Å². The van der Waals surface area contributed by atoms with Crippen LogP contribution in [0.4, 0.5) is 0 Å². The minimum absolute atomic E-state index is 1.29. The summed E-state index contributed by atoms with van der Waals surface area (Å²) in [5, 5.41) is 5.39. The van der Waals surface area contributed by atoms with Crippen LogP contribution in [0.25, 0.3) is 42.1 Å². The Kier molecular flexibility index (Phi) is 3.19. The Morgan fingerprint density at radius 3 is 2.36 bits per heavy atom. The number of rotatable bonds is 1. The molecular weight excluding hydrogens is 320 g/mol. The number of aryl methyl sites for hydroxylation is 2. The van der Waals surface area contributed by atoms with Crippen molar-refractivity contribution in [3.8, 4) is 11.1 Å². The summed E-state index contributed by atoms with van der Waals surface area (Å²) < 4.78 is 2.77. The molecule has 0 bridgehead atoms. The van der Waals surface area contributed by atoms with E-state index in [1.165, 1.54) is 53.2 Å². The second-order valence-corrected chi connectivity index (χ2v) is 7.83. The molecule has 0 unspecified atom stereocenters. The fourth-order valence-corrected chi connectivity index (χ4v) is 4.93. The molecule has 0 spiro atoms. The lowest BCUT2D eigenvalue weighted by Crippen LogP contribution is -1.83. The van der Waals surface area contributed by atoms with Crippen LogP contribution in [0.3, 0.4) is 0 Å². The summed E-state index contributed by atoms with van der Waals surface area (Å²) in [6.45, 7) is 4.42. The van der Waals surface area contributed by atoms with E-state index in [-0.39, 0.29) is 0 Å². The van der Waals surface area contributed by atoms with Gasteiger partial charge in [0.25, 0.3) is 0 Å². The zero-order valence-corrected chi connectivity index (χ0v) is 15.2. The van der Waals surface area contributed by atoms with Gasteiger partial charge in [0, 0.05) is 20.2 Å². The molecule has 0 aliphatic rings. The predicted molar refractivity (Wildman–Crippen MR) is 112 cm³/mol. The molecule has 0 aliphatic carbocycles. The average Bonchev–Trinajstić information content (AvgIpc) is 3.01. The number of thiophene rings is 1. The molecule has 5 aromatic rings. The molecule has 0 N–H and O–H groups in total. The third-order valence-corrected chi connectivity index (χ3v) is 6.42. The molecule has 1 heteroatoms. The Labute approximate surface area is 151 Å². The third-order valence-electron chi connectivity index (χ3n) is 5.10. The van der Waals surface area contributed by atoms with Crippen LogP contribution in [-0.4, -0.2) is 0 Å². The topological polar surface area (TPSA) is 0 Å². The molecule has 0 saturated heterocycles. The number of benzene rings is 4. The van der Waals surface area contributed by atoms with E-state index in [1.807, 2.05) is 11.3 Å². The maximum absolute atomic E-state index is 2.36. The van der Waals surface area contributed by atoms with Gasteiger partial charge in [-0.25, -0.2) is 0 Å². The molecule has 0 amide bonds. The van der Waals surface area contributed by atoms with Crippen molar-refractivity contribution in [3.05, 3.63) is 83.9 Å². The molecule has 0 atom stereocenters. The smallest absolute Gasteiger partial charge is 0.0385 e. The Hall–Kier alpha value is -2.64. The molecule has 0 nitrogen and oxygen atoms in total. The summed E-state index contributed by atoms with van der Waals surface area (Å²) in [6, 6.07) is 26.7. The first-order chi connectivity index (χ1) is 12.2. The molecule has 120 valence electrons. The fourth-order valence-electron chi connectivity index (χ4n) is 3.77. The van der Waals surface area contributed by atoms with Crippen molar-refractivity contribution in [2.75, 3.05) is 0 Å². The van der Waals surface area contributed by atoms with Gasteiger partial charge in [-0.3, -0.25) is 0 Å². The highest BCUT2D eigenvalue weighted by atomic mass is 32.1. The van der Waals surface area contributed by atoms with Crippen molar-refractivity contribution in [1.82, 2.24) is 0 Å². The van der Waals surface area contributed by atoms with Crippen LogP contribution in [0.15, 0.2) is 72.8 Å². The first kappa shape index (κ1) is 14.7. The van der Waals surface area contributed by atoms with Crippen molar-refractivity contribution in [2.45, 2.75) is 13.8 Å². The van der Waals surface area contributed by atoms with Gasteiger partial charge in [-0.05, 0) is 71.1 Å². The third kappa shape index (κ3) is 2.27. The second-order valence-electron chi connectivity index (χ2n) is 6.78. The molecule has 5 rings (SSSR count). The summed E-state index contributed by atoms with van der Waals surface area (Å²) in [5.41, 5.74) is 5.29. The van der Waals surface area contributed by atoms with Gasteiger partial charge >= 0.3 is 0 Å². The zero-order chi connectivity index (χ0) is 17.0. The van der Waals surface area contributed by atoms with Crippen LogP contribution >= 0.6 is 11.3 Å². The first-order valence-electron chi connectivity index (χ1n) is 8.62. The Morgan fingerprint density at radius 1 is 0.600 bits per heavy atom. The highest BCUT2D eigenvalue weighted by molar-refractivity contribution is 7.26. The van der Waals surface area contributed by atoms with Crippen molar-refractivity contribution in [2.24, 2.45) is 0 Å². The van der Waals surface area contributed by atoms with Crippen molar-refractivity contribution in [3.63, 3.8) is 0 Å². The van der Waals surface area contributed by atoms with Gasteiger partial charge < -0.3 is 0 Å². The molecule has 0 aliphatic heterocycles. The van der Waals surface area contributed by atoms with Gasteiger partial charge in [0.2, 0.25) is 0 Å². The van der Waals surface area contributed by atoms with Crippen LogP contribution in [0, 0.1) is 13.8 Å². The maximum atomic E-state index is 2.36. The summed E-state index contributed by atoms with van der Waals surface area (Å²) in [6.07, 6.45) is 0. The quantitative estimate of drug-likeness (QED) is 0.297. The lowest BCUT2D eigenvalue weighted by molar-refractivity contribution is 1.52.